The van der Waals surface area contributed by atoms with Crippen molar-refractivity contribution in [3.05, 3.63) is 46.5 Å². The van der Waals surface area contributed by atoms with Crippen molar-refractivity contribution in [3.8, 4) is 0 Å². The van der Waals surface area contributed by atoms with E-state index in [4.69, 9.17) is 0 Å². The van der Waals surface area contributed by atoms with Crippen LogP contribution in [-0.4, -0.2) is 26.5 Å². The molecule has 0 radical (unpaired) electrons. The molecule has 2 rings (SSSR count). The fourth-order valence-corrected chi connectivity index (χ4v) is 2.99. The van der Waals surface area contributed by atoms with Crippen molar-refractivity contribution < 1.29 is 9.59 Å². The molecule has 2 heterocycles. The van der Waals surface area contributed by atoms with Crippen LogP contribution >= 0.6 is 0 Å². The van der Waals surface area contributed by atoms with Crippen LogP contribution in [0.15, 0.2) is 18.3 Å². The zero-order chi connectivity index (χ0) is 18.6. The Morgan fingerprint density at radius 1 is 1.28 bits per heavy atom. The summed E-state index contributed by atoms with van der Waals surface area (Å²) in [5.41, 5.74) is 4.17. The van der Waals surface area contributed by atoms with E-state index in [1.54, 1.807) is 4.68 Å². The average Bonchev–Trinajstić information content (AvgIpc) is 2.88. The molecule has 0 bridgehead atoms. The van der Waals surface area contributed by atoms with Gasteiger partial charge in [0.05, 0.1) is 29.5 Å². The van der Waals surface area contributed by atoms with Gasteiger partial charge in [-0.3, -0.25) is 19.3 Å². The van der Waals surface area contributed by atoms with Gasteiger partial charge in [0, 0.05) is 18.3 Å². The van der Waals surface area contributed by atoms with E-state index in [-0.39, 0.29) is 17.7 Å². The van der Waals surface area contributed by atoms with Crippen LogP contribution in [0, 0.1) is 13.8 Å². The molecule has 2 aromatic rings. The maximum atomic E-state index is 12.2. The first kappa shape index (κ1) is 18.8. The molecule has 0 saturated carbocycles. The van der Waals surface area contributed by atoms with Gasteiger partial charge in [0.2, 0.25) is 5.91 Å². The molecule has 0 aromatic carbocycles. The second kappa shape index (κ2) is 8.05. The first-order valence-corrected chi connectivity index (χ1v) is 8.60. The molecule has 1 amide bonds. The number of hydrogen-bond acceptors (Lipinski definition) is 4. The number of aryl methyl sites for hydroxylation is 2. The van der Waals surface area contributed by atoms with Crippen molar-refractivity contribution in [1.82, 2.24) is 20.1 Å². The number of hydrogen-bond donors (Lipinski definition) is 1. The van der Waals surface area contributed by atoms with E-state index < -0.39 is 0 Å². The van der Waals surface area contributed by atoms with Crippen molar-refractivity contribution in [2.45, 2.75) is 60.0 Å². The van der Waals surface area contributed by atoms with Gasteiger partial charge in [0.1, 0.15) is 0 Å². The molecule has 0 spiro atoms. The zero-order valence-electron chi connectivity index (χ0n) is 15.6. The average molecular weight is 342 g/mol. The molecule has 0 fully saturated rings. The summed E-state index contributed by atoms with van der Waals surface area (Å²) in [5.74, 6) is -0.0645. The number of rotatable bonds is 7. The molecule has 1 N–H and O–H groups in total. The highest BCUT2D eigenvalue weighted by Gasteiger charge is 2.20. The Bertz CT molecular complexity index is 762. The Morgan fingerprint density at radius 2 is 2.00 bits per heavy atom. The second-order valence-electron chi connectivity index (χ2n) is 6.39. The summed E-state index contributed by atoms with van der Waals surface area (Å²) in [6, 6.07) is 3.83. The normalized spacial score (nSPS) is 12.0. The zero-order valence-corrected chi connectivity index (χ0v) is 15.6. The third-order valence-corrected chi connectivity index (χ3v) is 4.34. The number of Topliss-reactive ketones (excluding diaryl/α,β-unsaturated/α-hetero) is 1. The van der Waals surface area contributed by atoms with Crippen molar-refractivity contribution in [2.75, 3.05) is 0 Å². The van der Waals surface area contributed by atoms with Gasteiger partial charge in [-0.05, 0) is 45.7 Å². The van der Waals surface area contributed by atoms with Gasteiger partial charge in [0.15, 0.2) is 5.78 Å². The SMILES string of the molecule is CCc1ccc(CNC(=O)C[C@@H](C)n2nc(C)c(C(C)=O)c2C)nc1. The van der Waals surface area contributed by atoms with E-state index in [1.165, 1.54) is 12.5 Å². The van der Waals surface area contributed by atoms with Gasteiger partial charge in [-0.1, -0.05) is 13.0 Å². The van der Waals surface area contributed by atoms with E-state index in [0.29, 0.717) is 24.2 Å². The highest BCUT2D eigenvalue weighted by molar-refractivity contribution is 5.96. The fraction of sp³-hybridized carbons (Fsp3) is 0.474. The Balaban J connectivity index is 1.95. The van der Waals surface area contributed by atoms with Crippen LogP contribution in [0.5, 0.6) is 0 Å². The molecule has 1 atom stereocenters. The van der Waals surface area contributed by atoms with E-state index in [2.05, 4.69) is 22.3 Å². The van der Waals surface area contributed by atoms with Crippen molar-refractivity contribution in [1.29, 1.82) is 0 Å². The lowest BCUT2D eigenvalue weighted by atomic mass is 10.1. The summed E-state index contributed by atoms with van der Waals surface area (Å²) >= 11 is 0. The van der Waals surface area contributed by atoms with Gasteiger partial charge < -0.3 is 5.32 Å². The van der Waals surface area contributed by atoms with Crippen LogP contribution < -0.4 is 5.32 Å². The topological polar surface area (TPSA) is 76.9 Å². The van der Waals surface area contributed by atoms with Crippen LogP contribution in [0.25, 0.3) is 0 Å². The lowest BCUT2D eigenvalue weighted by Crippen LogP contribution is -2.26. The Labute approximate surface area is 148 Å². The second-order valence-corrected chi connectivity index (χ2v) is 6.39. The van der Waals surface area contributed by atoms with Crippen molar-refractivity contribution >= 4 is 11.7 Å². The lowest BCUT2D eigenvalue weighted by Gasteiger charge is -2.14. The van der Waals surface area contributed by atoms with Gasteiger partial charge in [-0.15, -0.1) is 0 Å². The summed E-state index contributed by atoms with van der Waals surface area (Å²) in [4.78, 5) is 28.3. The summed E-state index contributed by atoms with van der Waals surface area (Å²) < 4.78 is 1.76. The van der Waals surface area contributed by atoms with Crippen molar-refractivity contribution in [3.63, 3.8) is 0 Å². The molecule has 0 aliphatic carbocycles. The van der Waals surface area contributed by atoms with Crippen LogP contribution in [-0.2, 0) is 17.8 Å². The van der Waals surface area contributed by atoms with Gasteiger partial charge in [-0.2, -0.15) is 5.10 Å². The third-order valence-electron chi connectivity index (χ3n) is 4.34. The summed E-state index contributed by atoms with van der Waals surface area (Å²) in [6.07, 6.45) is 3.08. The molecule has 6 nitrogen and oxygen atoms in total. The lowest BCUT2D eigenvalue weighted by molar-refractivity contribution is -0.122. The first-order valence-electron chi connectivity index (χ1n) is 8.60. The summed E-state index contributed by atoms with van der Waals surface area (Å²) in [6.45, 7) is 9.64. The molecule has 0 aliphatic rings. The van der Waals surface area contributed by atoms with Crippen molar-refractivity contribution in [2.24, 2.45) is 0 Å². The van der Waals surface area contributed by atoms with E-state index in [9.17, 15) is 9.59 Å². The number of ketones is 1. The van der Waals surface area contributed by atoms with Gasteiger partial charge in [0.25, 0.3) is 0 Å². The van der Waals surface area contributed by atoms with Gasteiger partial charge in [-0.25, -0.2) is 0 Å². The standard InChI is InChI=1S/C19H26N4O2/c1-6-16-7-8-17(20-10-16)11-21-18(25)9-12(2)23-14(4)19(15(5)24)13(3)22-23/h7-8,10,12H,6,9,11H2,1-5H3,(H,21,25)/t12-/m1/s1. The third kappa shape index (κ3) is 4.53. The van der Waals surface area contributed by atoms with Gasteiger partial charge >= 0.3 is 0 Å². The molecule has 6 heteroatoms. The number of amides is 1. The molecular weight excluding hydrogens is 316 g/mol. The maximum absolute atomic E-state index is 12.2. The number of carbonyl (C=O) groups is 2. The number of nitrogens with zero attached hydrogens (tertiary/aromatic N) is 3. The number of carbonyl (C=O) groups excluding carboxylic acids is 2. The monoisotopic (exact) mass is 342 g/mol. The largest absolute Gasteiger partial charge is 0.350 e. The molecule has 0 unspecified atom stereocenters. The fourth-order valence-electron chi connectivity index (χ4n) is 2.99. The predicted molar refractivity (Wildman–Crippen MR) is 96.5 cm³/mol. The number of aromatic nitrogens is 3. The molecule has 0 aliphatic heterocycles. The molecule has 134 valence electrons. The summed E-state index contributed by atoms with van der Waals surface area (Å²) in [7, 11) is 0. The van der Waals surface area contributed by atoms with E-state index in [1.807, 2.05) is 39.1 Å². The maximum Gasteiger partial charge on any atom is 0.222 e. The molecule has 25 heavy (non-hydrogen) atoms. The Morgan fingerprint density at radius 3 is 2.52 bits per heavy atom. The van der Waals surface area contributed by atoms with Crippen LogP contribution in [0.2, 0.25) is 0 Å². The Hall–Kier alpha value is -2.50. The minimum Gasteiger partial charge on any atom is -0.350 e. The quantitative estimate of drug-likeness (QED) is 0.785. The van der Waals surface area contributed by atoms with Crippen LogP contribution in [0.4, 0.5) is 0 Å². The highest BCUT2D eigenvalue weighted by atomic mass is 16.1. The predicted octanol–water partition coefficient (Wildman–Crippen LogP) is 2.93. The van der Waals surface area contributed by atoms with E-state index >= 15 is 0 Å². The molecule has 0 saturated heterocycles. The first-order chi connectivity index (χ1) is 11.8. The minimum absolute atomic E-state index is 0.000461. The molecular formula is C19H26N4O2. The number of nitrogens with one attached hydrogen (secondary N) is 1. The number of pyridine rings is 1. The Kier molecular flexibility index (Phi) is 6.07. The minimum atomic E-state index is -0.123. The molecule has 2 aromatic heterocycles. The summed E-state index contributed by atoms with van der Waals surface area (Å²) in [5, 5.41) is 7.32. The van der Waals surface area contributed by atoms with E-state index in [0.717, 1.165) is 17.8 Å². The smallest absolute Gasteiger partial charge is 0.222 e. The van der Waals surface area contributed by atoms with Crippen LogP contribution in [0.3, 0.4) is 0 Å². The highest BCUT2D eigenvalue weighted by Crippen LogP contribution is 2.19. The van der Waals surface area contributed by atoms with Crippen LogP contribution in [0.1, 0.15) is 66.2 Å².